The number of carbonyl (C=O) groups is 1. The number of halogens is 1. The van der Waals surface area contributed by atoms with Crippen molar-refractivity contribution >= 4 is 6.09 Å². The van der Waals surface area contributed by atoms with Gasteiger partial charge >= 0.3 is 6.09 Å². The van der Waals surface area contributed by atoms with Crippen molar-refractivity contribution in [1.29, 1.82) is 0 Å². The molecule has 0 spiro atoms. The number of nitrogens with zero attached hydrogens (tertiary/aromatic N) is 1. The highest BCUT2D eigenvalue weighted by Gasteiger charge is 2.34. The zero-order valence-electron chi connectivity index (χ0n) is 9.71. The first-order chi connectivity index (χ1) is 6.81. The number of hydrogen-bond donors (Lipinski definition) is 1. The summed E-state index contributed by atoms with van der Waals surface area (Å²) in [6.07, 6.45) is -1.48. The third-order valence-electron chi connectivity index (χ3n) is 2.29. The molecule has 4 nitrogen and oxygen atoms in total. The maximum absolute atomic E-state index is 13.3. The zero-order valence-corrected chi connectivity index (χ0v) is 9.71. The summed E-state index contributed by atoms with van der Waals surface area (Å²) in [5.41, 5.74) is -0.539. The van der Waals surface area contributed by atoms with E-state index < -0.39 is 23.9 Å². The summed E-state index contributed by atoms with van der Waals surface area (Å²) in [6, 6.07) is -0.417. The summed E-state index contributed by atoms with van der Waals surface area (Å²) >= 11 is 0. The Kier molecular flexibility index (Phi) is 3.54. The standard InChI is InChI=1S/C10H19FN2O2/c1-10(2,3)15-9(14)13(4)8-6-12-5-7(8)11/h7-8,12H,5-6H2,1-4H3/t7-,8-/m1/s1. The fraction of sp³-hybridized carbons (Fsp3) is 0.900. The summed E-state index contributed by atoms with van der Waals surface area (Å²) in [5.74, 6) is 0. The van der Waals surface area contributed by atoms with E-state index in [1.807, 2.05) is 0 Å². The Morgan fingerprint density at radius 1 is 1.47 bits per heavy atom. The van der Waals surface area contributed by atoms with E-state index in [2.05, 4.69) is 5.32 Å². The van der Waals surface area contributed by atoms with E-state index in [1.165, 1.54) is 4.90 Å². The van der Waals surface area contributed by atoms with E-state index in [-0.39, 0.29) is 0 Å². The zero-order chi connectivity index (χ0) is 11.6. The van der Waals surface area contributed by atoms with Crippen molar-refractivity contribution in [3.63, 3.8) is 0 Å². The number of carbonyl (C=O) groups excluding carboxylic acids is 1. The molecule has 0 aromatic rings. The molecule has 1 N–H and O–H groups in total. The van der Waals surface area contributed by atoms with Crippen LogP contribution in [0.25, 0.3) is 0 Å². The van der Waals surface area contributed by atoms with Gasteiger partial charge in [-0.15, -0.1) is 0 Å². The molecule has 0 radical (unpaired) electrons. The lowest BCUT2D eigenvalue weighted by Crippen LogP contribution is -2.45. The molecule has 0 unspecified atom stereocenters. The Hall–Kier alpha value is -0.840. The molecule has 1 aliphatic heterocycles. The summed E-state index contributed by atoms with van der Waals surface area (Å²) in [7, 11) is 1.57. The number of hydrogen-bond acceptors (Lipinski definition) is 3. The van der Waals surface area contributed by atoms with Crippen molar-refractivity contribution in [2.75, 3.05) is 20.1 Å². The van der Waals surface area contributed by atoms with Crippen LogP contribution in [0, 0.1) is 0 Å². The predicted molar refractivity (Wildman–Crippen MR) is 55.6 cm³/mol. The van der Waals surface area contributed by atoms with Crippen molar-refractivity contribution in [2.24, 2.45) is 0 Å². The van der Waals surface area contributed by atoms with Crippen molar-refractivity contribution < 1.29 is 13.9 Å². The largest absolute Gasteiger partial charge is 0.444 e. The first kappa shape index (κ1) is 12.2. The lowest BCUT2D eigenvalue weighted by Gasteiger charge is -2.28. The van der Waals surface area contributed by atoms with Gasteiger partial charge in [0.1, 0.15) is 11.8 Å². The molecule has 0 aromatic heterocycles. The maximum atomic E-state index is 13.3. The number of rotatable bonds is 1. The average molecular weight is 218 g/mol. The van der Waals surface area contributed by atoms with E-state index in [9.17, 15) is 9.18 Å². The average Bonchev–Trinajstić information content (AvgIpc) is 2.47. The molecule has 2 atom stereocenters. The van der Waals surface area contributed by atoms with Crippen LogP contribution in [-0.4, -0.2) is 48.9 Å². The van der Waals surface area contributed by atoms with Gasteiger partial charge in [0.15, 0.2) is 0 Å². The first-order valence-electron chi connectivity index (χ1n) is 5.12. The van der Waals surface area contributed by atoms with Gasteiger partial charge in [-0.3, -0.25) is 0 Å². The van der Waals surface area contributed by atoms with Crippen LogP contribution in [0.3, 0.4) is 0 Å². The molecule has 0 saturated carbocycles. The van der Waals surface area contributed by atoms with Crippen LogP contribution in [0.5, 0.6) is 0 Å². The van der Waals surface area contributed by atoms with E-state index in [1.54, 1.807) is 27.8 Å². The van der Waals surface area contributed by atoms with Crippen molar-refractivity contribution in [3.8, 4) is 0 Å². The minimum Gasteiger partial charge on any atom is -0.444 e. The lowest BCUT2D eigenvalue weighted by atomic mass is 10.2. The van der Waals surface area contributed by atoms with Crippen LogP contribution >= 0.6 is 0 Å². The van der Waals surface area contributed by atoms with Crippen LogP contribution in [0.1, 0.15) is 20.8 Å². The Morgan fingerprint density at radius 2 is 2.07 bits per heavy atom. The minimum absolute atomic E-state index is 0.303. The number of alkyl halides is 1. The van der Waals surface area contributed by atoms with Crippen LogP contribution in [0.15, 0.2) is 0 Å². The van der Waals surface area contributed by atoms with Gasteiger partial charge in [-0.05, 0) is 20.8 Å². The van der Waals surface area contributed by atoms with E-state index in [0.717, 1.165) is 0 Å². The SMILES string of the molecule is CN(C(=O)OC(C)(C)C)[C@@H]1CNC[C@H]1F. The molecule has 0 aromatic carbocycles. The maximum Gasteiger partial charge on any atom is 0.410 e. The minimum atomic E-state index is -1.01. The summed E-state index contributed by atoms with van der Waals surface area (Å²) in [5, 5.41) is 2.90. The number of likely N-dealkylation sites (N-methyl/N-ethyl adjacent to an activating group) is 1. The lowest BCUT2D eigenvalue weighted by molar-refractivity contribution is 0.0182. The molecular weight excluding hydrogens is 199 g/mol. The van der Waals surface area contributed by atoms with Crippen molar-refractivity contribution in [3.05, 3.63) is 0 Å². The van der Waals surface area contributed by atoms with Gasteiger partial charge in [0, 0.05) is 20.1 Å². The van der Waals surface area contributed by atoms with Gasteiger partial charge < -0.3 is 15.0 Å². The molecule has 1 rings (SSSR count). The van der Waals surface area contributed by atoms with Crippen molar-refractivity contribution in [1.82, 2.24) is 10.2 Å². The summed E-state index contributed by atoms with van der Waals surface area (Å²) in [4.78, 5) is 12.9. The Labute approximate surface area is 89.8 Å². The highest BCUT2D eigenvalue weighted by molar-refractivity contribution is 5.68. The van der Waals surface area contributed by atoms with Crippen LogP contribution in [-0.2, 0) is 4.74 Å². The second-order valence-electron chi connectivity index (χ2n) is 4.83. The van der Waals surface area contributed by atoms with Gasteiger partial charge in [-0.1, -0.05) is 0 Å². The van der Waals surface area contributed by atoms with Crippen LogP contribution in [0.2, 0.25) is 0 Å². The van der Waals surface area contributed by atoms with Crippen LogP contribution in [0.4, 0.5) is 9.18 Å². The predicted octanol–water partition coefficient (Wildman–Crippen LogP) is 1.16. The van der Waals surface area contributed by atoms with E-state index >= 15 is 0 Å². The molecule has 0 aliphatic carbocycles. The fourth-order valence-electron chi connectivity index (χ4n) is 1.48. The Bertz CT molecular complexity index is 240. The van der Waals surface area contributed by atoms with Gasteiger partial charge in [0.25, 0.3) is 0 Å². The Morgan fingerprint density at radius 3 is 2.47 bits per heavy atom. The van der Waals surface area contributed by atoms with Gasteiger partial charge in [-0.25, -0.2) is 9.18 Å². The monoisotopic (exact) mass is 218 g/mol. The fourth-order valence-corrected chi connectivity index (χ4v) is 1.48. The van der Waals surface area contributed by atoms with Gasteiger partial charge in [0.05, 0.1) is 6.04 Å². The molecular formula is C10H19FN2O2. The quantitative estimate of drug-likeness (QED) is 0.718. The summed E-state index contributed by atoms with van der Waals surface area (Å²) in [6.45, 7) is 6.16. The molecule has 1 amide bonds. The highest BCUT2D eigenvalue weighted by Crippen LogP contribution is 2.15. The second-order valence-corrected chi connectivity index (χ2v) is 4.83. The second kappa shape index (κ2) is 4.35. The third-order valence-corrected chi connectivity index (χ3v) is 2.29. The smallest absolute Gasteiger partial charge is 0.410 e. The van der Waals surface area contributed by atoms with E-state index in [4.69, 9.17) is 4.74 Å². The van der Waals surface area contributed by atoms with Crippen LogP contribution < -0.4 is 5.32 Å². The highest BCUT2D eigenvalue weighted by atomic mass is 19.1. The topological polar surface area (TPSA) is 41.6 Å². The molecule has 5 heteroatoms. The van der Waals surface area contributed by atoms with Crippen molar-refractivity contribution in [2.45, 2.75) is 38.6 Å². The molecule has 1 aliphatic rings. The first-order valence-corrected chi connectivity index (χ1v) is 5.12. The molecule has 1 fully saturated rings. The third kappa shape index (κ3) is 3.34. The summed E-state index contributed by atoms with van der Waals surface area (Å²) < 4.78 is 18.5. The molecule has 1 saturated heterocycles. The number of ether oxygens (including phenoxy) is 1. The molecule has 0 bridgehead atoms. The number of nitrogens with one attached hydrogen (secondary N) is 1. The normalized spacial score (nSPS) is 26.5. The molecule has 88 valence electrons. The molecule has 15 heavy (non-hydrogen) atoms. The number of amides is 1. The van der Waals surface area contributed by atoms with E-state index in [0.29, 0.717) is 13.1 Å². The molecule has 1 heterocycles. The van der Waals surface area contributed by atoms with Gasteiger partial charge in [-0.2, -0.15) is 0 Å². The Balaban J connectivity index is 2.52. The van der Waals surface area contributed by atoms with Gasteiger partial charge in [0.2, 0.25) is 0 Å².